The quantitative estimate of drug-likeness (QED) is 0.335. The van der Waals surface area contributed by atoms with Crippen LogP contribution in [0.3, 0.4) is 0 Å². The van der Waals surface area contributed by atoms with E-state index in [0.717, 1.165) is 28.9 Å². The Morgan fingerprint density at radius 3 is 2.30 bits per heavy atom. The molecule has 3 heterocycles. The summed E-state index contributed by atoms with van der Waals surface area (Å²) in [4.78, 5) is 33.7. The zero-order chi connectivity index (χ0) is 31.5. The molecular weight excluding hydrogens is 566 g/mol. The van der Waals surface area contributed by atoms with E-state index in [1.165, 1.54) is 0 Å². The van der Waals surface area contributed by atoms with Crippen molar-refractivity contribution in [2.24, 2.45) is 5.92 Å². The first-order chi connectivity index (χ1) is 20.3. The highest BCUT2D eigenvalue weighted by atomic mass is 32.2. The molecule has 1 aromatic carbocycles. The molecule has 2 aliphatic rings. The Hall–Kier alpha value is -2.80. The molecule has 0 radical (unpaired) electrons. The van der Waals surface area contributed by atoms with Gasteiger partial charge in [-0.15, -0.1) is 0 Å². The topological polar surface area (TPSA) is 131 Å². The Morgan fingerprint density at radius 1 is 1.12 bits per heavy atom. The number of carbonyl (C=O) groups excluding carboxylic acids is 2. The van der Waals surface area contributed by atoms with Crippen molar-refractivity contribution in [2.75, 3.05) is 46.8 Å². The molecule has 12 heteroatoms. The number of nitrogens with one attached hydrogen (secondary N) is 3. The van der Waals surface area contributed by atoms with E-state index in [9.17, 15) is 18.0 Å². The van der Waals surface area contributed by atoms with Crippen molar-refractivity contribution in [3.63, 3.8) is 0 Å². The lowest BCUT2D eigenvalue weighted by Crippen LogP contribution is -2.73. The number of benzene rings is 1. The van der Waals surface area contributed by atoms with Gasteiger partial charge >= 0.3 is 0 Å². The number of likely N-dealkylation sites (N-methyl/N-ethyl adjacent to an activating group) is 1. The van der Waals surface area contributed by atoms with Crippen molar-refractivity contribution >= 4 is 21.8 Å². The van der Waals surface area contributed by atoms with Crippen molar-refractivity contribution < 1.29 is 18.0 Å². The number of aromatic amines is 1. The maximum Gasteiger partial charge on any atom is 0.246 e. The fourth-order valence-corrected chi connectivity index (χ4v) is 7.56. The van der Waals surface area contributed by atoms with Crippen LogP contribution < -0.4 is 10.0 Å². The smallest absolute Gasteiger partial charge is 0.246 e. The largest absolute Gasteiger partial charge is 0.342 e. The highest BCUT2D eigenvalue weighted by Crippen LogP contribution is 2.40. The van der Waals surface area contributed by atoms with Crippen LogP contribution in [0.25, 0.3) is 0 Å². The van der Waals surface area contributed by atoms with Crippen LogP contribution in [0.2, 0.25) is 0 Å². The lowest BCUT2D eigenvalue weighted by molar-refractivity contribution is -0.162. The molecule has 2 amide bonds. The summed E-state index contributed by atoms with van der Waals surface area (Å²) in [5.41, 5.74) is 2.95. The van der Waals surface area contributed by atoms with Crippen LogP contribution in [-0.2, 0) is 19.6 Å². The number of aromatic nitrogens is 2. The molecule has 3 N–H and O–H groups in total. The van der Waals surface area contributed by atoms with E-state index in [1.807, 2.05) is 56.8 Å². The molecule has 0 bridgehead atoms. The number of sulfonamides is 1. The van der Waals surface area contributed by atoms with Crippen LogP contribution in [0, 0.1) is 19.8 Å². The van der Waals surface area contributed by atoms with E-state index >= 15 is 0 Å². The van der Waals surface area contributed by atoms with Crippen LogP contribution >= 0.6 is 0 Å². The van der Waals surface area contributed by atoms with Crippen LogP contribution in [0.4, 0.5) is 0 Å². The second-order valence-electron chi connectivity index (χ2n) is 12.7. The third kappa shape index (κ3) is 6.97. The summed E-state index contributed by atoms with van der Waals surface area (Å²) >= 11 is 0. The van der Waals surface area contributed by atoms with Crippen LogP contribution in [-0.4, -0.2) is 104 Å². The van der Waals surface area contributed by atoms with Crippen molar-refractivity contribution in [2.45, 2.75) is 82.8 Å². The predicted molar refractivity (Wildman–Crippen MR) is 167 cm³/mol. The molecule has 2 fully saturated rings. The summed E-state index contributed by atoms with van der Waals surface area (Å²) < 4.78 is 28.5. The highest BCUT2D eigenvalue weighted by Gasteiger charge is 2.53. The number of amides is 2. The first-order valence-electron chi connectivity index (χ1n) is 15.4. The van der Waals surface area contributed by atoms with Gasteiger partial charge in [-0.3, -0.25) is 19.6 Å². The minimum atomic E-state index is -3.64. The number of hydrogen-bond donors (Lipinski definition) is 3. The summed E-state index contributed by atoms with van der Waals surface area (Å²) in [5, 5.41) is 10.6. The second-order valence-corrected chi connectivity index (χ2v) is 14.5. The maximum atomic E-state index is 13.7. The summed E-state index contributed by atoms with van der Waals surface area (Å²) in [7, 11) is 0.158. The lowest BCUT2D eigenvalue weighted by atomic mass is 9.79. The van der Waals surface area contributed by atoms with Crippen molar-refractivity contribution in [3.8, 4) is 0 Å². The molecule has 1 unspecified atom stereocenters. The van der Waals surface area contributed by atoms with E-state index in [-0.39, 0.29) is 22.8 Å². The van der Waals surface area contributed by atoms with Gasteiger partial charge in [-0.2, -0.15) is 5.10 Å². The molecule has 0 aliphatic carbocycles. The van der Waals surface area contributed by atoms with Crippen LogP contribution in [0.1, 0.15) is 75.0 Å². The van der Waals surface area contributed by atoms with Gasteiger partial charge in [0.25, 0.3) is 0 Å². The normalized spacial score (nSPS) is 20.3. The molecule has 238 valence electrons. The molecule has 2 atom stereocenters. The number of likely N-dealkylation sites (tertiary alicyclic amines) is 1. The zero-order valence-corrected chi connectivity index (χ0v) is 27.6. The number of piperazine rings is 1. The summed E-state index contributed by atoms with van der Waals surface area (Å²) in [5.74, 6) is 0.276. The molecule has 43 heavy (non-hydrogen) atoms. The molecular formula is C31H49N7O4S. The van der Waals surface area contributed by atoms with E-state index in [1.54, 1.807) is 12.1 Å². The SMILES string of the molecule is CCCN1C(=O)[C@H](CC(C)C)NC(=O)C12CCN(C(c1ccc(S(=O)(=O)NCCN(C)C)cc1)c1c(C)n[nH]c1C)CC2. The van der Waals surface area contributed by atoms with E-state index in [2.05, 4.69) is 39.0 Å². The Morgan fingerprint density at radius 2 is 1.77 bits per heavy atom. The third-order valence-electron chi connectivity index (χ3n) is 8.77. The fourth-order valence-electron chi connectivity index (χ4n) is 6.54. The van der Waals surface area contributed by atoms with Gasteiger partial charge in [-0.25, -0.2) is 13.1 Å². The van der Waals surface area contributed by atoms with Crippen LogP contribution in [0.5, 0.6) is 0 Å². The van der Waals surface area contributed by atoms with Gasteiger partial charge in [0, 0.05) is 44.0 Å². The molecule has 2 aromatic rings. The zero-order valence-electron chi connectivity index (χ0n) is 26.7. The van der Waals surface area contributed by atoms with E-state index < -0.39 is 21.6 Å². The molecule has 2 aliphatic heterocycles. The number of piperidine rings is 1. The number of carbonyl (C=O) groups is 2. The van der Waals surface area contributed by atoms with Crippen molar-refractivity contribution in [3.05, 3.63) is 46.8 Å². The standard InChI is InChI=1S/C31H49N7O4S/c1-8-16-38-29(39)26(20-21(2)3)33-30(40)31(38)13-17-37(18-14-31)28(27-22(4)34-35-23(27)5)24-9-11-25(12-10-24)43(41,42)32-15-19-36(6)7/h9-12,21,26,28,32H,8,13-20H2,1-7H3,(H,33,40)(H,34,35)/t26-,28?/m0/s1. The average Bonchev–Trinajstić information content (AvgIpc) is 3.28. The van der Waals surface area contributed by atoms with E-state index in [0.29, 0.717) is 57.9 Å². The Kier molecular flexibility index (Phi) is 10.4. The highest BCUT2D eigenvalue weighted by molar-refractivity contribution is 7.89. The maximum absolute atomic E-state index is 13.7. The number of hydrogen-bond acceptors (Lipinski definition) is 7. The Bertz CT molecular complexity index is 1360. The Labute approximate surface area is 256 Å². The lowest BCUT2D eigenvalue weighted by Gasteiger charge is -2.52. The van der Waals surface area contributed by atoms with Gasteiger partial charge in [0.2, 0.25) is 21.8 Å². The van der Waals surface area contributed by atoms with Gasteiger partial charge in [-0.1, -0.05) is 32.9 Å². The minimum Gasteiger partial charge on any atom is -0.342 e. The fraction of sp³-hybridized carbons (Fsp3) is 0.645. The summed E-state index contributed by atoms with van der Waals surface area (Å²) in [6, 6.07) is 6.39. The molecule has 1 spiro atoms. The Balaban J connectivity index is 1.61. The molecule has 1 aromatic heterocycles. The summed E-state index contributed by atoms with van der Waals surface area (Å²) in [6.45, 7) is 12.8. The number of nitrogens with zero attached hydrogens (tertiary/aromatic N) is 4. The van der Waals surface area contributed by atoms with E-state index in [4.69, 9.17) is 0 Å². The van der Waals surface area contributed by atoms with Gasteiger partial charge in [0.15, 0.2) is 0 Å². The van der Waals surface area contributed by atoms with Gasteiger partial charge in [-0.05, 0) is 77.2 Å². The van der Waals surface area contributed by atoms with Crippen molar-refractivity contribution in [1.82, 2.24) is 34.9 Å². The predicted octanol–water partition coefficient (Wildman–Crippen LogP) is 2.57. The molecule has 2 saturated heterocycles. The molecule has 0 saturated carbocycles. The second kappa shape index (κ2) is 13.5. The third-order valence-corrected chi connectivity index (χ3v) is 10.2. The first-order valence-corrected chi connectivity index (χ1v) is 16.9. The van der Waals surface area contributed by atoms with Crippen molar-refractivity contribution in [1.29, 1.82) is 0 Å². The summed E-state index contributed by atoms with van der Waals surface area (Å²) in [6.07, 6.45) is 2.46. The number of H-pyrrole nitrogens is 1. The molecule has 4 rings (SSSR count). The number of rotatable bonds is 12. The minimum absolute atomic E-state index is 0.0256. The van der Waals surface area contributed by atoms with Gasteiger partial charge in [0.1, 0.15) is 11.6 Å². The monoisotopic (exact) mass is 615 g/mol. The van der Waals surface area contributed by atoms with Crippen LogP contribution in [0.15, 0.2) is 29.2 Å². The average molecular weight is 616 g/mol. The first kappa shape index (κ1) is 33.1. The molecule has 11 nitrogen and oxygen atoms in total. The van der Waals surface area contributed by atoms with Gasteiger partial charge < -0.3 is 15.1 Å². The number of aryl methyl sites for hydroxylation is 2. The van der Waals surface area contributed by atoms with Gasteiger partial charge in [0.05, 0.1) is 16.6 Å².